The number of hydrogen-bond acceptors (Lipinski definition) is 5. The van der Waals surface area contributed by atoms with E-state index in [0.717, 1.165) is 0 Å². The maximum Gasteiger partial charge on any atom is 0.319 e. The molecule has 0 spiro atoms. The van der Waals surface area contributed by atoms with Gasteiger partial charge < -0.3 is 29.8 Å². The molecular weight excluding hydrogens is 331 g/mol. The predicted octanol–water partition coefficient (Wildman–Crippen LogP) is 0.870. The van der Waals surface area contributed by atoms with Crippen LogP contribution in [0.3, 0.4) is 0 Å². The van der Waals surface area contributed by atoms with Crippen molar-refractivity contribution in [3.05, 3.63) is 48.8 Å². The summed E-state index contributed by atoms with van der Waals surface area (Å²) in [5.74, 6) is -0.453. The van der Waals surface area contributed by atoms with Gasteiger partial charge in [-0.3, -0.25) is 0 Å². The summed E-state index contributed by atoms with van der Waals surface area (Å²) in [5.41, 5.74) is 0.315. The first kappa shape index (κ1) is 16.0. The molecule has 1 aromatic carbocycles. The van der Waals surface area contributed by atoms with Crippen LogP contribution in [0, 0.1) is 5.82 Å². The van der Waals surface area contributed by atoms with Gasteiger partial charge in [-0.25, -0.2) is 14.2 Å². The lowest BCUT2D eigenvalue weighted by Crippen LogP contribution is -2.59. The number of fused-ring (bicyclic) bond motifs is 2. The number of nitrogens with zero attached hydrogens (tertiary/aromatic N) is 2. The standard InChI is InChI=1S/C16H17FN4O4/c17-9-2-1-3-10(6-9)19-16(23)20-12-11-7-24-15(25-11)13(14(12)22)21-5-4-18-8-21/h1-6,8,11-15,22H,7H2,(H2,19,20,23). The van der Waals surface area contributed by atoms with Crippen molar-refractivity contribution >= 4 is 11.7 Å². The van der Waals surface area contributed by atoms with E-state index in [1.807, 2.05) is 0 Å². The third-order valence-electron chi connectivity index (χ3n) is 4.38. The molecule has 0 aliphatic carbocycles. The van der Waals surface area contributed by atoms with Gasteiger partial charge in [0.2, 0.25) is 0 Å². The fourth-order valence-electron chi connectivity index (χ4n) is 3.23. The fourth-order valence-corrected chi connectivity index (χ4v) is 3.23. The van der Waals surface area contributed by atoms with E-state index in [-0.39, 0.29) is 6.61 Å². The minimum Gasteiger partial charge on any atom is -0.388 e. The number of nitrogens with one attached hydrogen (secondary N) is 2. The van der Waals surface area contributed by atoms with Crippen molar-refractivity contribution in [2.24, 2.45) is 0 Å². The Kier molecular flexibility index (Phi) is 4.12. The van der Waals surface area contributed by atoms with Gasteiger partial charge in [-0.2, -0.15) is 0 Å². The number of benzene rings is 1. The topological polar surface area (TPSA) is 97.6 Å². The molecule has 2 saturated heterocycles. The molecule has 0 saturated carbocycles. The Morgan fingerprint density at radius 3 is 3.08 bits per heavy atom. The van der Waals surface area contributed by atoms with Crippen molar-refractivity contribution in [3.8, 4) is 0 Å². The van der Waals surface area contributed by atoms with Crippen LogP contribution in [0.15, 0.2) is 43.0 Å². The summed E-state index contributed by atoms with van der Waals surface area (Å²) in [6.07, 6.45) is 2.86. The van der Waals surface area contributed by atoms with Gasteiger partial charge in [-0.1, -0.05) is 6.07 Å². The molecule has 5 atom stereocenters. The minimum absolute atomic E-state index is 0.262. The summed E-state index contributed by atoms with van der Waals surface area (Å²) in [6.45, 7) is 0.262. The van der Waals surface area contributed by atoms with E-state index in [9.17, 15) is 14.3 Å². The number of hydrogen-bond donors (Lipinski definition) is 3. The molecule has 9 heteroatoms. The number of amides is 2. The van der Waals surface area contributed by atoms with Crippen LogP contribution in [0.5, 0.6) is 0 Å². The highest BCUT2D eigenvalue weighted by atomic mass is 19.1. The first-order valence-corrected chi connectivity index (χ1v) is 7.87. The Hall–Kier alpha value is -2.49. The number of urea groups is 1. The number of aliphatic hydroxyl groups is 1. The molecule has 1 aromatic heterocycles. The van der Waals surface area contributed by atoms with Crippen LogP contribution in [0.25, 0.3) is 0 Å². The highest BCUT2D eigenvalue weighted by molar-refractivity contribution is 5.89. The predicted molar refractivity (Wildman–Crippen MR) is 84.2 cm³/mol. The normalized spacial score (nSPS) is 30.9. The van der Waals surface area contributed by atoms with Gasteiger partial charge in [-0.15, -0.1) is 0 Å². The van der Waals surface area contributed by atoms with E-state index in [0.29, 0.717) is 5.69 Å². The maximum atomic E-state index is 13.2. The van der Waals surface area contributed by atoms with Gasteiger partial charge >= 0.3 is 6.03 Å². The lowest BCUT2D eigenvalue weighted by Gasteiger charge is -2.38. The van der Waals surface area contributed by atoms with Crippen LogP contribution in [0.4, 0.5) is 14.9 Å². The van der Waals surface area contributed by atoms with Gasteiger partial charge in [-0.05, 0) is 18.2 Å². The molecule has 2 aromatic rings. The number of aliphatic hydroxyl groups excluding tert-OH is 1. The van der Waals surface area contributed by atoms with Crippen LogP contribution < -0.4 is 10.6 Å². The van der Waals surface area contributed by atoms with Crippen LogP contribution in [-0.4, -0.2) is 51.8 Å². The summed E-state index contributed by atoms with van der Waals surface area (Å²) in [7, 11) is 0. The molecule has 2 fully saturated rings. The van der Waals surface area contributed by atoms with Crippen molar-refractivity contribution in [1.29, 1.82) is 0 Å². The third kappa shape index (κ3) is 3.09. The van der Waals surface area contributed by atoms with Gasteiger partial charge in [0.1, 0.15) is 24.1 Å². The molecule has 3 N–H and O–H groups in total. The summed E-state index contributed by atoms with van der Waals surface area (Å²) in [4.78, 5) is 16.2. The average molecular weight is 348 g/mol. The molecule has 3 heterocycles. The van der Waals surface area contributed by atoms with E-state index in [2.05, 4.69) is 15.6 Å². The van der Waals surface area contributed by atoms with Gasteiger partial charge in [0.15, 0.2) is 6.29 Å². The number of halogens is 1. The highest BCUT2D eigenvalue weighted by Gasteiger charge is 2.51. The quantitative estimate of drug-likeness (QED) is 0.765. The van der Waals surface area contributed by atoms with Crippen LogP contribution in [-0.2, 0) is 9.47 Å². The van der Waals surface area contributed by atoms with E-state index in [1.54, 1.807) is 29.4 Å². The fraction of sp³-hybridized carbons (Fsp3) is 0.375. The molecule has 25 heavy (non-hydrogen) atoms. The molecule has 5 unspecified atom stereocenters. The summed E-state index contributed by atoms with van der Waals surface area (Å²) < 4.78 is 26.2. The number of carbonyl (C=O) groups is 1. The maximum absolute atomic E-state index is 13.2. The molecule has 2 aliphatic rings. The molecule has 2 aliphatic heterocycles. The molecule has 0 radical (unpaired) electrons. The Morgan fingerprint density at radius 2 is 2.32 bits per heavy atom. The largest absolute Gasteiger partial charge is 0.388 e. The zero-order chi connectivity index (χ0) is 17.4. The van der Waals surface area contributed by atoms with Gasteiger partial charge in [0.25, 0.3) is 0 Å². The number of anilines is 1. The SMILES string of the molecule is O=C(Nc1cccc(F)c1)NC1C2COC(O2)C(n2ccnc2)C1O. The van der Waals surface area contributed by atoms with Crippen LogP contribution in [0.1, 0.15) is 6.04 Å². The van der Waals surface area contributed by atoms with Gasteiger partial charge in [0.05, 0.1) is 19.0 Å². The van der Waals surface area contributed by atoms with E-state index in [1.165, 1.54) is 18.2 Å². The Balaban J connectivity index is 1.48. The summed E-state index contributed by atoms with van der Waals surface area (Å²) in [5, 5.41) is 16.0. The van der Waals surface area contributed by atoms with Crippen molar-refractivity contribution in [2.75, 3.05) is 11.9 Å². The van der Waals surface area contributed by atoms with Crippen LogP contribution >= 0.6 is 0 Å². The number of imidazole rings is 1. The highest BCUT2D eigenvalue weighted by Crippen LogP contribution is 2.35. The Labute approximate surface area is 142 Å². The van der Waals surface area contributed by atoms with E-state index in [4.69, 9.17) is 9.47 Å². The Morgan fingerprint density at radius 1 is 1.44 bits per heavy atom. The number of rotatable bonds is 3. The molecule has 2 amide bonds. The molecule has 132 valence electrons. The monoisotopic (exact) mass is 348 g/mol. The second-order valence-electron chi connectivity index (χ2n) is 6.00. The number of ether oxygens (including phenoxy) is 2. The second kappa shape index (κ2) is 6.43. The smallest absolute Gasteiger partial charge is 0.319 e. The molecule has 8 nitrogen and oxygen atoms in total. The summed E-state index contributed by atoms with van der Waals surface area (Å²) in [6, 6.07) is 3.78. The third-order valence-corrected chi connectivity index (χ3v) is 4.38. The van der Waals surface area contributed by atoms with Crippen molar-refractivity contribution in [2.45, 2.75) is 30.6 Å². The first-order valence-electron chi connectivity index (χ1n) is 7.87. The molecule has 4 rings (SSSR count). The molecule has 2 bridgehead atoms. The minimum atomic E-state index is -0.932. The number of aromatic nitrogens is 2. The zero-order valence-corrected chi connectivity index (χ0v) is 13.1. The van der Waals surface area contributed by atoms with Crippen molar-refractivity contribution < 1.29 is 23.8 Å². The van der Waals surface area contributed by atoms with E-state index < -0.39 is 42.4 Å². The van der Waals surface area contributed by atoms with Crippen molar-refractivity contribution in [1.82, 2.24) is 14.9 Å². The lowest BCUT2D eigenvalue weighted by atomic mass is 9.96. The lowest BCUT2D eigenvalue weighted by molar-refractivity contribution is -0.163. The zero-order valence-electron chi connectivity index (χ0n) is 13.1. The second-order valence-corrected chi connectivity index (χ2v) is 6.00. The number of carbonyl (C=O) groups excluding carboxylic acids is 1. The van der Waals surface area contributed by atoms with Crippen LogP contribution in [0.2, 0.25) is 0 Å². The Bertz CT molecular complexity index is 756. The van der Waals surface area contributed by atoms with Gasteiger partial charge in [0, 0.05) is 18.1 Å². The molecular formula is C16H17FN4O4. The van der Waals surface area contributed by atoms with Crippen molar-refractivity contribution in [3.63, 3.8) is 0 Å². The summed E-state index contributed by atoms with van der Waals surface area (Å²) >= 11 is 0. The van der Waals surface area contributed by atoms with E-state index >= 15 is 0 Å². The average Bonchev–Trinajstić information content (AvgIpc) is 3.23. The first-order chi connectivity index (χ1) is 12.1.